The van der Waals surface area contributed by atoms with Crippen molar-refractivity contribution < 1.29 is 13.9 Å². The molecule has 2 aromatic carbocycles. The van der Waals surface area contributed by atoms with Gasteiger partial charge in [-0.25, -0.2) is 4.39 Å². The second-order valence-electron chi connectivity index (χ2n) is 4.10. The molecule has 0 bridgehead atoms. The van der Waals surface area contributed by atoms with E-state index in [0.29, 0.717) is 27.5 Å². The predicted molar refractivity (Wildman–Crippen MR) is 73.4 cm³/mol. The first-order valence-electron chi connectivity index (χ1n) is 5.67. The number of Topliss-reactive ketones (excluding diaryl/α,β-unsaturated/α-hetero) is 1. The zero-order valence-electron chi connectivity index (χ0n) is 10.5. The number of benzene rings is 2. The first-order chi connectivity index (χ1) is 9.02. The number of rotatable bonds is 3. The highest BCUT2D eigenvalue weighted by atomic mass is 35.5. The Hall–Kier alpha value is -1.87. The van der Waals surface area contributed by atoms with E-state index in [1.54, 1.807) is 18.2 Å². The summed E-state index contributed by atoms with van der Waals surface area (Å²) in [5.41, 5.74) is 1.41. The minimum absolute atomic E-state index is 0.110. The number of methoxy groups -OCH3 is 1. The van der Waals surface area contributed by atoms with Crippen molar-refractivity contribution in [3.05, 3.63) is 52.8 Å². The molecule has 0 saturated carbocycles. The van der Waals surface area contributed by atoms with Crippen molar-refractivity contribution in [2.45, 2.75) is 6.92 Å². The van der Waals surface area contributed by atoms with Gasteiger partial charge in [0.25, 0.3) is 0 Å². The average Bonchev–Trinajstić information content (AvgIpc) is 2.38. The van der Waals surface area contributed by atoms with E-state index in [0.717, 1.165) is 0 Å². The maximum Gasteiger partial charge on any atom is 0.159 e. The molecular formula is C15H12ClFO2. The van der Waals surface area contributed by atoms with E-state index in [1.165, 1.54) is 32.2 Å². The average molecular weight is 279 g/mol. The molecule has 0 amide bonds. The Morgan fingerprint density at radius 1 is 1.21 bits per heavy atom. The van der Waals surface area contributed by atoms with E-state index in [9.17, 15) is 9.18 Å². The summed E-state index contributed by atoms with van der Waals surface area (Å²) in [5, 5.41) is 0.396. The van der Waals surface area contributed by atoms with Gasteiger partial charge in [-0.1, -0.05) is 17.7 Å². The van der Waals surface area contributed by atoms with Gasteiger partial charge in [0.1, 0.15) is 11.6 Å². The fraction of sp³-hybridized carbons (Fsp3) is 0.133. The smallest absolute Gasteiger partial charge is 0.159 e. The molecule has 0 aliphatic rings. The largest absolute Gasteiger partial charge is 0.495 e. The van der Waals surface area contributed by atoms with Crippen LogP contribution in [0.5, 0.6) is 5.75 Å². The summed E-state index contributed by atoms with van der Waals surface area (Å²) in [4.78, 5) is 11.3. The molecule has 0 saturated heterocycles. The molecule has 0 aromatic heterocycles. The third-order valence-corrected chi connectivity index (χ3v) is 3.13. The van der Waals surface area contributed by atoms with Crippen LogP contribution in [0.1, 0.15) is 17.3 Å². The van der Waals surface area contributed by atoms with Crippen molar-refractivity contribution in [3.63, 3.8) is 0 Å². The summed E-state index contributed by atoms with van der Waals surface area (Å²) in [6, 6.07) is 9.25. The van der Waals surface area contributed by atoms with Gasteiger partial charge in [-0.3, -0.25) is 4.79 Å². The molecule has 2 rings (SSSR count). The Morgan fingerprint density at radius 2 is 1.95 bits per heavy atom. The zero-order chi connectivity index (χ0) is 14.0. The third-order valence-electron chi connectivity index (χ3n) is 2.84. The molecule has 98 valence electrons. The van der Waals surface area contributed by atoms with Crippen LogP contribution in [0.15, 0.2) is 36.4 Å². The molecule has 0 radical (unpaired) electrons. The maximum absolute atomic E-state index is 13.8. The Labute approximate surface area is 115 Å². The van der Waals surface area contributed by atoms with Crippen LogP contribution in [0.25, 0.3) is 11.1 Å². The molecule has 4 heteroatoms. The van der Waals surface area contributed by atoms with Gasteiger partial charge in [0.05, 0.1) is 12.1 Å². The fourth-order valence-corrected chi connectivity index (χ4v) is 2.06. The van der Waals surface area contributed by atoms with Crippen molar-refractivity contribution in [2.24, 2.45) is 0 Å². The molecule has 0 fully saturated rings. The SMILES string of the molecule is COc1ccc(-c2cc(C(C)=O)ccc2F)cc1Cl. The summed E-state index contributed by atoms with van der Waals surface area (Å²) in [5.74, 6) is 0.0145. The minimum Gasteiger partial charge on any atom is -0.495 e. The monoisotopic (exact) mass is 278 g/mol. The summed E-state index contributed by atoms with van der Waals surface area (Å²) in [6.45, 7) is 1.44. The Bertz CT molecular complexity index is 638. The van der Waals surface area contributed by atoms with Crippen molar-refractivity contribution in [3.8, 4) is 16.9 Å². The fourth-order valence-electron chi connectivity index (χ4n) is 1.80. The quantitative estimate of drug-likeness (QED) is 0.780. The zero-order valence-corrected chi connectivity index (χ0v) is 11.3. The molecule has 2 nitrogen and oxygen atoms in total. The van der Waals surface area contributed by atoms with Crippen LogP contribution >= 0.6 is 11.6 Å². The summed E-state index contributed by atoms with van der Waals surface area (Å²) >= 11 is 6.02. The highest BCUT2D eigenvalue weighted by Gasteiger charge is 2.10. The van der Waals surface area contributed by atoms with Crippen molar-refractivity contribution in [1.29, 1.82) is 0 Å². The van der Waals surface area contributed by atoms with E-state index in [2.05, 4.69) is 0 Å². The number of carbonyl (C=O) groups is 1. The summed E-state index contributed by atoms with van der Waals surface area (Å²) in [6.07, 6.45) is 0. The number of ketones is 1. The number of hydrogen-bond acceptors (Lipinski definition) is 2. The van der Waals surface area contributed by atoms with Gasteiger partial charge < -0.3 is 4.74 Å². The summed E-state index contributed by atoms with van der Waals surface area (Å²) < 4.78 is 18.9. The number of hydrogen-bond donors (Lipinski definition) is 0. The molecule has 19 heavy (non-hydrogen) atoms. The molecule has 0 heterocycles. The Morgan fingerprint density at radius 3 is 2.53 bits per heavy atom. The van der Waals surface area contributed by atoms with Gasteiger partial charge in [-0.15, -0.1) is 0 Å². The first kappa shape index (κ1) is 13.6. The minimum atomic E-state index is -0.397. The molecular weight excluding hydrogens is 267 g/mol. The Balaban J connectivity index is 2.54. The van der Waals surface area contributed by atoms with Crippen LogP contribution in [0.4, 0.5) is 4.39 Å². The standard InChI is InChI=1S/C15H12ClFO2/c1-9(18)10-3-5-14(17)12(7-10)11-4-6-15(19-2)13(16)8-11/h3-8H,1-2H3. The van der Waals surface area contributed by atoms with E-state index in [4.69, 9.17) is 16.3 Å². The topological polar surface area (TPSA) is 26.3 Å². The summed E-state index contributed by atoms with van der Waals surface area (Å²) in [7, 11) is 1.51. The highest BCUT2D eigenvalue weighted by Crippen LogP contribution is 2.31. The van der Waals surface area contributed by atoms with Crippen molar-refractivity contribution >= 4 is 17.4 Å². The lowest BCUT2D eigenvalue weighted by molar-refractivity contribution is 0.101. The molecule has 0 N–H and O–H groups in total. The lowest BCUT2D eigenvalue weighted by Gasteiger charge is -2.08. The van der Waals surface area contributed by atoms with Crippen LogP contribution in [0.3, 0.4) is 0 Å². The molecule has 0 unspecified atom stereocenters. The van der Waals surface area contributed by atoms with Crippen molar-refractivity contribution in [2.75, 3.05) is 7.11 Å². The second kappa shape index (κ2) is 5.41. The van der Waals surface area contributed by atoms with Gasteiger partial charge in [0.15, 0.2) is 5.78 Å². The van der Waals surface area contributed by atoms with E-state index < -0.39 is 5.82 Å². The van der Waals surface area contributed by atoms with Gasteiger partial charge in [0, 0.05) is 11.1 Å². The van der Waals surface area contributed by atoms with E-state index in [-0.39, 0.29) is 5.78 Å². The first-order valence-corrected chi connectivity index (χ1v) is 6.05. The highest BCUT2D eigenvalue weighted by molar-refractivity contribution is 6.32. The van der Waals surface area contributed by atoms with Crippen LogP contribution in [-0.4, -0.2) is 12.9 Å². The van der Waals surface area contributed by atoms with Crippen LogP contribution in [0, 0.1) is 5.82 Å². The lowest BCUT2D eigenvalue weighted by Crippen LogP contribution is -1.95. The normalized spacial score (nSPS) is 10.3. The predicted octanol–water partition coefficient (Wildman–Crippen LogP) is 4.36. The maximum atomic E-state index is 13.8. The number of ether oxygens (including phenoxy) is 1. The van der Waals surface area contributed by atoms with E-state index >= 15 is 0 Å². The molecule has 0 aliphatic carbocycles. The molecule has 2 aromatic rings. The third kappa shape index (κ3) is 2.76. The van der Waals surface area contributed by atoms with Crippen molar-refractivity contribution in [1.82, 2.24) is 0 Å². The van der Waals surface area contributed by atoms with Gasteiger partial charge in [-0.2, -0.15) is 0 Å². The van der Waals surface area contributed by atoms with Crippen LogP contribution < -0.4 is 4.74 Å². The van der Waals surface area contributed by atoms with Gasteiger partial charge in [-0.05, 0) is 42.8 Å². The molecule has 0 aliphatic heterocycles. The lowest BCUT2D eigenvalue weighted by atomic mass is 10.0. The van der Waals surface area contributed by atoms with Crippen LogP contribution in [-0.2, 0) is 0 Å². The van der Waals surface area contributed by atoms with Gasteiger partial charge in [0.2, 0.25) is 0 Å². The van der Waals surface area contributed by atoms with E-state index in [1.807, 2.05) is 0 Å². The Kier molecular flexibility index (Phi) is 3.86. The second-order valence-corrected chi connectivity index (χ2v) is 4.51. The van der Waals surface area contributed by atoms with Gasteiger partial charge >= 0.3 is 0 Å². The molecule has 0 spiro atoms. The number of halogens is 2. The van der Waals surface area contributed by atoms with Crippen LogP contribution in [0.2, 0.25) is 5.02 Å². The number of carbonyl (C=O) groups excluding carboxylic acids is 1. The molecule has 0 atom stereocenters.